The fourth-order valence-corrected chi connectivity index (χ4v) is 7.27. The fraction of sp³-hybridized carbons (Fsp3) is 0.828. The van der Waals surface area contributed by atoms with E-state index in [9.17, 15) is 19.5 Å². The molecular formula is C29H44O6. The van der Waals surface area contributed by atoms with Crippen LogP contribution in [-0.2, 0) is 23.9 Å². The van der Waals surface area contributed by atoms with Crippen LogP contribution in [0.25, 0.3) is 0 Å². The first kappa shape index (κ1) is 26.4. The number of rotatable bonds is 2. The normalized spacial score (nSPS) is 41.3. The summed E-state index contributed by atoms with van der Waals surface area (Å²) >= 11 is 0. The second-order valence-corrected chi connectivity index (χ2v) is 14.1. The number of ether oxygens (including phenoxy) is 2. The van der Waals surface area contributed by atoms with E-state index >= 15 is 0 Å². The molecule has 35 heavy (non-hydrogen) atoms. The van der Waals surface area contributed by atoms with E-state index in [0.29, 0.717) is 6.42 Å². The van der Waals surface area contributed by atoms with Crippen molar-refractivity contribution in [3.05, 3.63) is 11.6 Å². The highest BCUT2D eigenvalue weighted by molar-refractivity contribution is 5.89. The molecule has 3 fully saturated rings. The highest BCUT2D eigenvalue weighted by Crippen LogP contribution is 2.64. The maximum absolute atomic E-state index is 13.2. The second-order valence-electron chi connectivity index (χ2n) is 14.1. The molecule has 6 nitrogen and oxygen atoms in total. The van der Waals surface area contributed by atoms with Crippen LogP contribution in [-0.4, -0.2) is 41.1 Å². The molecule has 8 unspecified atom stereocenters. The molecule has 6 heteroatoms. The van der Waals surface area contributed by atoms with E-state index in [1.165, 1.54) is 5.57 Å². The summed E-state index contributed by atoms with van der Waals surface area (Å²) in [5, 5.41) is 11.5. The van der Waals surface area contributed by atoms with Gasteiger partial charge in [0.25, 0.3) is 0 Å². The molecule has 0 bridgehead atoms. The number of carbonyl (C=O) groups excluding carboxylic acids is 3. The van der Waals surface area contributed by atoms with Gasteiger partial charge < -0.3 is 14.6 Å². The Morgan fingerprint density at radius 2 is 1.49 bits per heavy atom. The lowest BCUT2D eigenvalue weighted by Crippen LogP contribution is -2.57. The van der Waals surface area contributed by atoms with Gasteiger partial charge in [0.2, 0.25) is 0 Å². The van der Waals surface area contributed by atoms with Crippen molar-refractivity contribution in [3.8, 4) is 0 Å². The zero-order chi connectivity index (χ0) is 26.1. The number of hydrogen-bond acceptors (Lipinski definition) is 6. The van der Waals surface area contributed by atoms with Gasteiger partial charge in [-0.05, 0) is 84.5 Å². The number of fused-ring (bicyclic) bond motifs is 5. The smallest absolute Gasteiger partial charge is 0.311 e. The van der Waals surface area contributed by atoms with Crippen LogP contribution < -0.4 is 0 Å². The van der Waals surface area contributed by atoms with Crippen LogP contribution in [0.3, 0.4) is 0 Å². The highest BCUT2D eigenvalue weighted by Gasteiger charge is 2.65. The molecule has 0 amide bonds. The molecule has 3 saturated carbocycles. The van der Waals surface area contributed by atoms with Gasteiger partial charge in [0.05, 0.1) is 16.9 Å². The molecule has 0 radical (unpaired) electrons. The van der Waals surface area contributed by atoms with Crippen molar-refractivity contribution in [2.24, 2.45) is 39.4 Å². The Hall–Kier alpha value is -1.69. The van der Waals surface area contributed by atoms with E-state index in [0.717, 1.165) is 25.7 Å². The Morgan fingerprint density at radius 3 is 2.09 bits per heavy atom. The van der Waals surface area contributed by atoms with Crippen molar-refractivity contribution in [1.82, 2.24) is 0 Å². The lowest BCUT2D eigenvalue weighted by molar-refractivity contribution is -0.172. The Morgan fingerprint density at radius 1 is 0.914 bits per heavy atom. The Labute approximate surface area is 210 Å². The van der Waals surface area contributed by atoms with Crippen molar-refractivity contribution in [2.45, 2.75) is 112 Å². The number of aliphatic hydroxyl groups is 1. The van der Waals surface area contributed by atoms with Crippen molar-refractivity contribution in [1.29, 1.82) is 0 Å². The van der Waals surface area contributed by atoms with Crippen LogP contribution in [0.5, 0.6) is 0 Å². The predicted molar refractivity (Wildman–Crippen MR) is 132 cm³/mol. The van der Waals surface area contributed by atoms with E-state index in [2.05, 4.69) is 6.92 Å². The van der Waals surface area contributed by atoms with E-state index in [1.54, 1.807) is 0 Å². The summed E-state index contributed by atoms with van der Waals surface area (Å²) in [5.41, 5.74) is -0.732. The minimum atomic E-state index is -0.716. The average molecular weight is 489 g/mol. The van der Waals surface area contributed by atoms with Gasteiger partial charge in [-0.1, -0.05) is 25.5 Å². The molecule has 4 rings (SSSR count). The molecule has 4 aliphatic rings. The summed E-state index contributed by atoms with van der Waals surface area (Å²) in [6.07, 6.45) is 4.73. The van der Waals surface area contributed by atoms with Gasteiger partial charge >= 0.3 is 11.9 Å². The van der Waals surface area contributed by atoms with Crippen LogP contribution in [0.4, 0.5) is 0 Å². The van der Waals surface area contributed by atoms with Crippen LogP contribution in [0.1, 0.15) is 93.9 Å². The number of ketones is 1. The predicted octanol–water partition coefficient (Wildman–Crippen LogP) is 5.01. The number of Topliss-reactive ketones (excluding diaryl/α,β-unsaturated/α-hetero) is 1. The largest absolute Gasteiger partial charge is 0.462 e. The summed E-state index contributed by atoms with van der Waals surface area (Å²) in [6, 6.07) is 0. The maximum Gasteiger partial charge on any atom is 0.311 e. The molecule has 8 atom stereocenters. The maximum atomic E-state index is 13.2. The molecule has 4 aliphatic carbocycles. The molecule has 0 aromatic carbocycles. The summed E-state index contributed by atoms with van der Waals surface area (Å²) in [6.45, 7) is 15.4. The first-order chi connectivity index (χ1) is 16.0. The van der Waals surface area contributed by atoms with Gasteiger partial charge in [-0.2, -0.15) is 0 Å². The molecule has 1 N–H and O–H groups in total. The standard InChI is InChI=1S/C29H44O6/c1-26(2,3)24(32)34-17-9-11-28(7)16(13-17)14-19(30)22-18(28)10-12-29(8)21(31)15-20(23(22)29)35-25(33)27(4,5)6/h14,17-20,22-23,30H,9-13,15H2,1-8H3. The number of hydrogen-bond donors (Lipinski definition) is 1. The summed E-state index contributed by atoms with van der Waals surface area (Å²) in [5.74, 6) is -0.478. The molecule has 0 heterocycles. The summed E-state index contributed by atoms with van der Waals surface area (Å²) in [7, 11) is 0. The van der Waals surface area contributed by atoms with Gasteiger partial charge in [0, 0.05) is 24.2 Å². The molecule has 196 valence electrons. The first-order valence-corrected chi connectivity index (χ1v) is 13.3. The second kappa shape index (κ2) is 8.43. The SMILES string of the molecule is CC(C)(C)C(=O)OC1CCC2(C)C(=CC(O)C3C2CCC2(C)C(=O)CC(OC(=O)C(C)(C)C)C32)C1. The zero-order valence-electron chi connectivity index (χ0n) is 22.8. The summed E-state index contributed by atoms with van der Waals surface area (Å²) < 4.78 is 11.8. The average Bonchev–Trinajstić information content (AvgIpc) is 2.97. The monoisotopic (exact) mass is 488 g/mol. The number of carbonyl (C=O) groups is 3. The minimum Gasteiger partial charge on any atom is -0.462 e. The lowest BCUT2D eigenvalue weighted by Gasteiger charge is -2.58. The molecule has 0 spiro atoms. The zero-order valence-corrected chi connectivity index (χ0v) is 22.8. The summed E-state index contributed by atoms with van der Waals surface area (Å²) in [4.78, 5) is 38.5. The lowest BCUT2D eigenvalue weighted by atomic mass is 9.47. The molecular weight excluding hydrogens is 444 g/mol. The third-order valence-electron chi connectivity index (χ3n) is 9.52. The van der Waals surface area contributed by atoms with Crippen molar-refractivity contribution >= 4 is 17.7 Å². The number of esters is 2. The van der Waals surface area contributed by atoms with Crippen molar-refractivity contribution < 1.29 is 29.0 Å². The quantitative estimate of drug-likeness (QED) is 0.434. The Balaban J connectivity index is 1.62. The first-order valence-electron chi connectivity index (χ1n) is 13.3. The number of aliphatic hydroxyl groups excluding tert-OH is 1. The van der Waals surface area contributed by atoms with E-state index < -0.39 is 28.5 Å². The molecule has 0 aromatic rings. The van der Waals surface area contributed by atoms with Crippen molar-refractivity contribution in [3.63, 3.8) is 0 Å². The van der Waals surface area contributed by atoms with Gasteiger partial charge in [-0.3, -0.25) is 14.4 Å². The molecule has 0 aliphatic heterocycles. The Bertz CT molecular complexity index is 936. The Kier molecular flexibility index (Phi) is 6.35. The van der Waals surface area contributed by atoms with Gasteiger partial charge in [0.1, 0.15) is 18.0 Å². The fourth-order valence-electron chi connectivity index (χ4n) is 7.27. The van der Waals surface area contributed by atoms with E-state index in [4.69, 9.17) is 9.47 Å². The minimum absolute atomic E-state index is 0.125. The highest BCUT2D eigenvalue weighted by atomic mass is 16.5. The van der Waals surface area contributed by atoms with E-state index in [-0.39, 0.29) is 53.4 Å². The van der Waals surface area contributed by atoms with Crippen LogP contribution >= 0.6 is 0 Å². The topological polar surface area (TPSA) is 89.9 Å². The van der Waals surface area contributed by atoms with Gasteiger partial charge in [0.15, 0.2) is 0 Å². The van der Waals surface area contributed by atoms with Gasteiger partial charge in [-0.15, -0.1) is 0 Å². The van der Waals surface area contributed by atoms with Crippen LogP contribution in [0.15, 0.2) is 11.6 Å². The third kappa shape index (κ3) is 4.38. The molecule has 0 saturated heterocycles. The van der Waals surface area contributed by atoms with Crippen LogP contribution in [0.2, 0.25) is 0 Å². The van der Waals surface area contributed by atoms with Crippen molar-refractivity contribution in [2.75, 3.05) is 0 Å². The van der Waals surface area contributed by atoms with Gasteiger partial charge in [-0.25, -0.2) is 0 Å². The molecule has 0 aromatic heterocycles. The van der Waals surface area contributed by atoms with Crippen LogP contribution in [0, 0.1) is 39.4 Å². The third-order valence-corrected chi connectivity index (χ3v) is 9.52. The van der Waals surface area contributed by atoms with E-state index in [1.807, 2.05) is 54.5 Å².